The number of rotatable bonds is 2. The lowest BCUT2D eigenvalue weighted by molar-refractivity contribution is 0.0742. The van der Waals surface area contributed by atoms with E-state index in [4.69, 9.17) is 0 Å². The van der Waals surface area contributed by atoms with Crippen LogP contribution in [-0.2, 0) is 0 Å². The van der Waals surface area contributed by atoms with Gasteiger partial charge in [-0.3, -0.25) is 9.78 Å². The molecule has 1 N–H and O–H groups in total. The number of aryl methyl sites for hydroxylation is 1. The average molecular weight is 320 g/mol. The first kappa shape index (κ1) is 14.8. The molecule has 0 bridgehead atoms. The van der Waals surface area contributed by atoms with Crippen LogP contribution in [0.4, 0.5) is 5.69 Å². The van der Waals surface area contributed by atoms with Gasteiger partial charge in [0.1, 0.15) is 5.69 Å². The second kappa shape index (κ2) is 6.00. The molecule has 5 heteroatoms. The Bertz CT molecular complexity index is 845. The molecule has 4 rings (SSSR count). The second-order valence-corrected chi connectivity index (χ2v) is 6.20. The number of aromatic nitrogens is 2. The summed E-state index contributed by atoms with van der Waals surface area (Å²) in [7, 11) is 0. The summed E-state index contributed by atoms with van der Waals surface area (Å²) < 4.78 is 0. The molecule has 0 unspecified atom stereocenters. The molecule has 1 fully saturated rings. The maximum absolute atomic E-state index is 12.7. The third-order valence-electron chi connectivity index (χ3n) is 4.57. The van der Waals surface area contributed by atoms with E-state index < -0.39 is 0 Å². The Hall–Kier alpha value is -2.82. The topological polar surface area (TPSA) is 52.2 Å². The van der Waals surface area contributed by atoms with Crippen molar-refractivity contribution in [3.05, 3.63) is 60.0 Å². The van der Waals surface area contributed by atoms with Gasteiger partial charge in [0, 0.05) is 54.7 Å². The number of benzene rings is 1. The van der Waals surface area contributed by atoms with E-state index in [9.17, 15) is 4.79 Å². The number of nitrogens with one attached hydrogen (secondary N) is 1. The van der Waals surface area contributed by atoms with Crippen LogP contribution in [0.2, 0.25) is 0 Å². The highest BCUT2D eigenvalue weighted by molar-refractivity contribution is 5.98. The van der Waals surface area contributed by atoms with Crippen molar-refractivity contribution in [1.82, 2.24) is 14.9 Å². The van der Waals surface area contributed by atoms with Crippen molar-refractivity contribution in [3.8, 4) is 0 Å². The first-order valence-corrected chi connectivity index (χ1v) is 8.25. The molecule has 3 aromatic rings. The molecule has 0 aliphatic carbocycles. The molecule has 3 heterocycles. The summed E-state index contributed by atoms with van der Waals surface area (Å²) in [5.74, 6) is 0.0803. The smallest absolute Gasteiger partial charge is 0.270 e. The number of hydrogen-bond donors (Lipinski definition) is 1. The van der Waals surface area contributed by atoms with Crippen molar-refractivity contribution in [2.45, 2.75) is 6.92 Å². The third kappa shape index (κ3) is 2.73. The average Bonchev–Trinajstić information content (AvgIpc) is 3.05. The Kier molecular flexibility index (Phi) is 3.69. The van der Waals surface area contributed by atoms with Gasteiger partial charge in [0.25, 0.3) is 5.91 Å². The summed E-state index contributed by atoms with van der Waals surface area (Å²) in [5.41, 5.74) is 3.88. The van der Waals surface area contributed by atoms with Crippen LogP contribution >= 0.6 is 0 Å². The number of amides is 1. The summed E-state index contributed by atoms with van der Waals surface area (Å²) in [4.78, 5) is 24.4. The number of H-pyrrole nitrogens is 1. The van der Waals surface area contributed by atoms with E-state index in [0.717, 1.165) is 42.8 Å². The van der Waals surface area contributed by atoms with Crippen molar-refractivity contribution >= 4 is 22.5 Å². The molecule has 0 saturated carbocycles. The van der Waals surface area contributed by atoms with Gasteiger partial charge in [0.15, 0.2) is 0 Å². The van der Waals surface area contributed by atoms with E-state index in [0.29, 0.717) is 5.69 Å². The van der Waals surface area contributed by atoms with Gasteiger partial charge in [-0.15, -0.1) is 0 Å². The Morgan fingerprint density at radius 3 is 2.62 bits per heavy atom. The molecule has 1 aromatic carbocycles. The number of hydrogen-bond acceptors (Lipinski definition) is 3. The van der Waals surface area contributed by atoms with Crippen LogP contribution in [-0.4, -0.2) is 47.0 Å². The first-order valence-electron chi connectivity index (χ1n) is 8.25. The fourth-order valence-corrected chi connectivity index (χ4v) is 3.25. The zero-order chi connectivity index (χ0) is 16.5. The maximum atomic E-state index is 12.7. The molecule has 1 amide bonds. The van der Waals surface area contributed by atoms with E-state index in [-0.39, 0.29) is 5.91 Å². The second-order valence-electron chi connectivity index (χ2n) is 6.20. The van der Waals surface area contributed by atoms with Gasteiger partial charge in [-0.25, -0.2) is 0 Å². The molecule has 1 saturated heterocycles. The fraction of sp³-hybridized carbons (Fsp3) is 0.263. The summed E-state index contributed by atoms with van der Waals surface area (Å²) in [6, 6.07) is 14.0. The highest BCUT2D eigenvalue weighted by atomic mass is 16.2. The normalized spacial score (nSPS) is 15.0. The lowest BCUT2D eigenvalue weighted by Gasteiger charge is -2.36. The zero-order valence-corrected chi connectivity index (χ0v) is 13.7. The van der Waals surface area contributed by atoms with Crippen molar-refractivity contribution in [3.63, 3.8) is 0 Å². The molecule has 1 aliphatic heterocycles. The Balaban J connectivity index is 1.46. The largest absolute Gasteiger partial charge is 0.368 e. The Morgan fingerprint density at radius 2 is 1.88 bits per heavy atom. The van der Waals surface area contributed by atoms with E-state index >= 15 is 0 Å². The Labute approximate surface area is 140 Å². The molecule has 2 aromatic heterocycles. The first-order chi connectivity index (χ1) is 11.7. The summed E-state index contributed by atoms with van der Waals surface area (Å²) >= 11 is 0. The number of carbonyl (C=O) groups excluding carboxylic acids is 1. The van der Waals surface area contributed by atoms with Crippen molar-refractivity contribution in [2.24, 2.45) is 0 Å². The number of nitrogens with zero attached hydrogens (tertiary/aromatic N) is 3. The summed E-state index contributed by atoms with van der Waals surface area (Å²) in [6.45, 7) is 5.15. The molecule has 0 spiro atoms. The summed E-state index contributed by atoms with van der Waals surface area (Å²) in [6.07, 6.45) is 1.84. The molecule has 24 heavy (non-hydrogen) atoms. The Morgan fingerprint density at radius 1 is 1.08 bits per heavy atom. The maximum Gasteiger partial charge on any atom is 0.270 e. The number of carbonyl (C=O) groups is 1. The predicted octanol–water partition coefficient (Wildman–Crippen LogP) is 2.83. The van der Waals surface area contributed by atoms with E-state index in [1.807, 2.05) is 54.4 Å². The van der Waals surface area contributed by atoms with Gasteiger partial charge in [-0.1, -0.05) is 18.2 Å². The lowest BCUT2D eigenvalue weighted by atomic mass is 10.2. The van der Waals surface area contributed by atoms with Crippen molar-refractivity contribution < 1.29 is 4.79 Å². The van der Waals surface area contributed by atoms with Crippen LogP contribution in [0.15, 0.2) is 48.7 Å². The van der Waals surface area contributed by atoms with Gasteiger partial charge < -0.3 is 14.8 Å². The van der Waals surface area contributed by atoms with E-state index in [2.05, 4.69) is 20.9 Å². The fourth-order valence-electron chi connectivity index (χ4n) is 3.25. The van der Waals surface area contributed by atoms with Crippen LogP contribution < -0.4 is 4.90 Å². The quantitative estimate of drug-likeness (QED) is 0.790. The minimum absolute atomic E-state index is 0.0803. The molecule has 122 valence electrons. The van der Waals surface area contributed by atoms with Crippen LogP contribution in [0.25, 0.3) is 10.9 Å². The van der Waals surface area contributed by atoms with Gasteiger partial charge >= 0.3 is 0 Å². The lowest BCUT2D eigenvalue weighted by Crippen LogP contribution is -2.48. The van der Waals surface area contributed by atoms with Crippen LogP contribution in [0, 0.1) is 6.92 Å². The molecular weight excluding hydrogens is 300 g/mol. The van der Waals surface area contributed by atoms with Crippen LogP contribution in [0.1, 0.15) is 16.2 Å². The summed E-state index contributed by atoms with van der Waals surface area (Å²) in [5, 5.41) is 1.08. The van der Waals surface area contributed by atoms with E-state index in [1.165, 1.54) is 5.69 Å². The van der Waals surface area contributed by atoms with E-state index in [1.54, 1.807) is 0 Å². The van der Waals surface area contributed by atoms with Gasteiger partial charge in [-0.2, -0.15) is 0 Å². The molecule has 5 nitrogen and oxygen atoms in total. The zero-order valence-electron chi connectivity index (χ0n) is 13.7. The molecule has 0 atom stereocenters. The van der Waals surface area contributed by atoms with Crippen molar-refractivity contribution in [2.75, 3.05) is 31.1 Å². The number of piperazine rings is 1. The standard InChI is InChI=1S/C19H20N4O/c1-14-12-16(6-7-20-14)22-8-10-23(11-9-22)19(24)18-13-15-4-2-3-5-17(15)21-18/h2-7,12-13,21H,8-11H2,1H3. The van der Waals surface area contributed by atoms with Crippen LogP contribution in [0.5, 0.6) is 0 Å². The molecule has 0 radical (unpaired) electrons. The highest BCUT2D eigenvalue weighted by Gasteiger charge is 2.23. The SMILES string of the molecule is Cc1cc(N2CCN(C(=O)c3cc4ccccc4[nH]3)CC2)ccn1. The number of anilines is 1. The monoisotopic (exact) mass is 320 g/mol. The molecule has 1 aliphatic rings. The minimum atomic E-state index is 0.0803. The number of aromatic amines is 1. The van der Waals surface area contributed by atoms with Gasteiger partial charge in [-0.05, 0) is 31.2 Å². The highest BCUT2D eigenvalue weighted by Crippen LogP contribution is 2.19. The van der Waals surface area contributed by atoms with Crippen molar-refractivity contribution in [1.29, 1.82) is 0 Å². The third-order valence-corrected chi connectivity index (χ3v) is 4.57. The number of fused-ring (bicyclic) bond motifs is 1. The number of para-hydroxylation sites is 1. The number of pyridine rings is 1. The van der Waals surface area contributed by atoms with Gasteiger partial charge in [0.2, 0.25) is 0 Å². The molecular formula is C19H20N4O. The van der Waals surface area contributed by atoms with Crippen LogP contribution in [0.3, 0.4) is 0 Å². The van der Waals surface area contributed by atoms with Gasteiger partial charge in [0.05, 0.1) is 0 Å². The minimum Gasteiger partial charge on any atom is -0.368 e. The predicted molar refractivity (Wildman–Crippen MR) is 95.4 cm³/mol.